The Morgan fingerprint density at radius 1 is 1.03 bits per heavy atom. The number of amides is 1. The number of imidazole rings is 1. The van der Waals surface area contributed by atoms with Gasteiger partial charge in [-0.05, 0) is 55.7 Å². The van der Waals surface area contributed by atoms with Crippen LogP contribution >= 0.6 is 0 Å². The average molecular weight is 429 g/mol. The van der Waals surface area contributed by atoms with Crippen molar-refractivity contribution in [3.63, 3.8) is 0 Å². The molecule has 0 saturated carbocycles. The molecule has 0 aliphatic rings. The molecule has 2 heterocycles. The predicted molar refractivity (Wildman–Crippen MR) is 126 cm³/mol. The van der Waals surface area contributed by atoms with Gasteiger partial charge in [0.2, 0.25) is 0 Å². The van der Waals surface area contributed by atoms with E-state index in [1.165, 1.54) is 0 Å². The normalized spacial score (nSPS) is 11.0. The van der Waals surface area contributed by atoms with Crippen LogP contribution in [0.4, 0.5) is 0 Å². The number of ether oxygens (including phenoxy) is 1. The van der Waals surface area contributed by atoms with Gasteiger partial charge in [-0.3, -0.25) is 9.78 Å². The van der Waals surface area contributed by atoms with Gasteiger partial charge in [0, 0.05) is 26.0 Å². The van der Waals surface area contributed by atoms with Crippen LogP contribution in [-0.4, -0.2) is 39.0 Å². The Kier molecular flexibility index (Phi) is 6.50. The van der Waals surface area contributed by atoms with Crippen LogP contribution in [-0.2, 0) is 13.1 Å². The van der Waals surface area contributed by atoms with Crippen LogP contribution < -0.4 is 4.74 Å². The second-order valence-corrected chi connectivity index (χ2v) is 7.99. The zero-order valence-electron chi connectivity index (χ0n) is 18.8. The third-order valence-electron chi connectivity index (χ3n) is 5.55. The van der Waals surface area contributed by atoms with Crippen molar-refractivity contribution in [2.45, 2.75) is 33.4 Å². The van der Waals surface area contributed by atoms with Crippen molar-refractivity contribution in [2.24, 2.45) is 0 Å². The van der Waals surface area contributed by atoms with Crippen molar-refractivity contribution in [3.05, 3.63) is 89.5 Å². The largest absolute Gasteiger partial charge is 0.493 e. The molecule has 0 N–H and O–H groups in total. The summed E-state index contributed by atoms with van der Waals surface area (Å²) in [4.78, 5) is 23.3. The van der Waals surface area contributed by atoms with E-state index in [0.717, 1.165) is 46.7 Å². The third kappa shape index (κ3) is 4.64. The first-order chi connectivity index (χ1) is 15.5. The van der Waals surface area contributed by atoms with E-state index in [-0.39, 0.29) is 5.91 Å². The highest BCUT2D eigenvalue weighted by Gasteiger charge is 2.17. The Bertz CT molecular complexity index is 1200. The molecule has 4 aromatic rings. The molecule has 2 aromatic carbocycles. The molecule has 1 amide bonds. The molecule has 6 nitrogen and oxygen atoms in total. The fraction of sp³-hybridized carbons (Fsp3) is 0.269. The summed E-state index contributed by atoms with van der Waals surface area (Å²) in [6.07, 6.45) is 4.09. The van der Waals surface area contributed by atoms with E-state index in [4.69, 9.17) is 9.72 Å². The molecule has 0 saturated heterocycles. The van der Waals surface area contributed by atoms with Crippen LogP contribution in [0.2, 0.25) is 0 Å². The number of carbonyl (C=O) groups is 1. The quantitative estimate of drug-likeness (QED) is 0.379. The Labute approximate surface area is 188 Å². The number of rotatable bonds is 8. The molecule has 2 aromatic heterocycles. The van der Waals surface area contributed by atoms with Crippen LogP contribution in [0.5, 0.6) is 5.75 Å². The monoisotopic (exact) mass is 428 g/mol. The number of carbonyl (C=O) groups excluding carboxylic acids is 1. The molecule has 32 heavy (non-hydrogen) atoms. The maximum atomic E-state index is 12.8. The fourth-order valence-electron chi connectivity index (χ4n) is 3.91. The average Bonchev–Trinajstić information content (AvgIpc) is 3.15. The van der Waals surface area contributed by atoms with Gasteiger partial charge >= 0.3 is 0 Å². The number of pyridine rings is 1. The van der Waals surface area contributed by atoms with Gasteiger partial charge in [-0.25, -0.2) is 4.98 Å². The summed E-state index contributed by atoms with van der Waals surface area (Å²) in [5.74, 6) is 1.75. The van der Waals surface area contributed by atoms with Gasteiger partial charge in [0.05, 0.1) is 29.7 Å². The summed E-state index contributed by atoms with van der Waals surface area (Å²) in [5.41, 5.74) is 4.86. The third-order valence-corrected chi connectivity index (χ3v) is 5.55. The molecular weight excluding hydrogens is 400 g/mol. The van der Waals surface area contributed by atoms with E-state index in [0.29, 0.717) is 18.7 Å². The Hall–Kier alpha value is -3.67. The smallest absolute Gasteiger partial charge is 0.255 e. The molecule has 4 rings (SSSR count). The summed E-state index contributed by atoms with van der Waals surface area (Å²) in [6.45, 7) is 5.93. The number of aryl methyl sites for hydroxylation is 3. The Morgan fingerprint density at radius 3 is 2.56 bits per heavy atom. The lowest BCUT2D eigenvalue weighted by Crippen LogP contribution is -2.28. The highest BCUT2D eigenvalue weighted by molar-refractivity contribution is 5.93. The SMILES string of the molecule is Cc1cccc(C)c1OCCCn1c(CN(C)C(=O)c2cccnc2)nc2ccccc21. The van der Waals surface area contributed by atoms with Crippen LogP contribution in [0.25, 0.3) is 11.0 Å². The van der Waals surface area contributed by atoms with E-state index in [1.807, 2.05) is 24.3 Å². The van der Waals surface area contributed by atoms with Crippen molar-refractivity contribution in [1.29, 1.82) is 0 Å². The summed E-state index contributed by atoms with van der Waals surface area (Å²) in [7, 11) is 1.79. The molecule has 164 valence electrons. The van der Waals surface area contributed by atoms with Crippen molar-refractivity contribution < 1.29 is 9.53 Å². The van der Waals surface area contributed by atoms with Gasteiger partial charge in [0.15, 0.2) is 0 Å². The standard InChI is InChI=1S/C26H28N4O2/c1-19-9-6-10-20(2)25(19)32-16-8-15-30-23-13-5-4-12-22(23)28-24(30)18-29(3)26(31)21-11-7-14-27-17-21/h4-7,9-14,17H,8,15-16,18H2,1-3H3. The second kappa shape index (κ2) is 9.64. The molecule has 0 spiro atoms. The molecule has 6 heteroatoms. The summed E-state index contributed by atoms with van der Waals surface area (Å²) < 4.78 is 8.28. The lowest BCUT2D eigenvalue weighted by molar-refractivity contribution is 0.0779. The number of fused-ring (bicyclic) bond motifs is 1. The Balaban J connectivity index is 1.48. The summed E-state index contributed by atoms with van der Waals surface area (Å²) >= 11 is 0. The number of hydrogen-bond donors (Lipinski definition) is 0. The zero-order valence-corrected chi connectivity index (χ0v) is 18.8. The highest BCUT2D eigenvalue weighted by atomic mass is 16.5. The van der Waals surface area contributed by atoms with Crippen molar-refractivity contribution in [3.8, 4) is 5.75 Å². The van der Waals surface area contributed by atoms with Gasteiger partial charge in [-0.1, -0.05) is 30.3 Å². The van der Waals surface area contributed by atoms with Crippen molar-refractivity contribution >= 4 is 16.9 Å². The molecule has 0 bridgehead atoms. The van der Waals surface area contributed by atoms with Gasteiger partial charge in [-0.15, -0.1) is 0 Å². The topological polar surface area (TPSA) is 60.2 Å². The Morgan fingerprint density at radius 2 is 1.81 bits per heavy atom. The lowest BCUT2D eigenvalue weighted by Gasteiger charge is -2.18. The van der Waals surface area contributed by atoms with Gasteiger partial charge < -0.3 is 14.2 Å². The minimum atomic E-state index is -0.0740. The highest BCUT2D eigenvalue weighted by Crippen LogP contribution is 2.23. The van der Waals surface area contributed by atoms with Crippen molar-refractivity contribution in [2.75, 3.05) is 13.7 Å². The minimum Gasteiger partial charge on any atom is -0.493 e. The number of nitrogens with zero attached hydrogens (tertiary/aromatic N) is 4. The van der Waals surface area contributed by atoms with E-state index in [1.54, 1.807) is 36.5 Å². The minimum absolute atomic E-state index is 0.0740. The summed E-state index contributed by atoms with van der Waals surface area (Å²) in [5, 5.41) is 0. The second-order valence-electron chi connectivity index (χ2n) is 7.99. The summed E-state index contributed by atoms with van der Waals surface area (Å²) in [6, 6.07) is 17.8. The van der Waals surface area contributed by atoms with Gasteiger partial charge in [-0.2, -0.15) is 0 Å². The van der Waals surface area contributed by atoms with E-state index in [9.17, 15) is 4.79 Å². The van der Waals surface area contributed by atoms with Crippen LogP contribution in [0.15, 0.2) is 67.0 Å². The first-order valence-electron chi connectivity index (χ1n) is 10.8. The first-order valence-corrected chi connectivity index (χ1v) is 10.8. The van der Waals surface area contributed by atoms with E-state index >= 15 is 0 Å². The molecule has 0 radical (unpaired) electrons. The van der Waals surface area contributed by atoms with Gasteiger partial charge in [0.1, 0.15) is 11.6 Å². The van der Waals surface area contributed by atoms with E-state index < -0.39 is 0 Å². The van der Waals surface area contributed by atoms with Crippen LogP contribution in [0.1, 0.15) is 33.7 Å². The van der Waals surface area contributed by atoms with Crippen LogP contribution in [0.3, 0.4) is 0 Å². The number of para-hydroxylation sites is 3. The van der Waals surface area contributed by atoms with Crippen LogP contribution in [0, 0.1) is 13.8 Å². The predicted octanol–water partition coefficient (Wildman–Crippen LogP) is 4.79. The molecule has 0 aliphatic heterocycles. The molecule has 0 aliphatic carbocycles. The van der Waals surface area contributed by atoms with Gasteiger partial charge in [0.25, 0.3) is 5.91 Å². The maximum Gasteiger partial charge on any atom is 0.255 e. The maximum absolute atomic E-state index is 12.8. The first kappa shape index (κ1) is 21.6. The molecule has 0 atom stereocenters. The number of hydrogen-bond acceptors (Lipinski definition) is 4. The molecule has 0 fully saturated rings. The fourth-order valence-corrected chi connectivity index (χ4v) is 3.91. The lowest BCUT2D eigenvalue weighted by atomic mass is 10.1. The molecule has 0 unspecified atom stereocenters. The number of aromatic nitrogens is 3. The zero-order chi connectivity index (χ0) is 22.5. The molecular formula is C26H28N4O2. The van der Waals surface area contributed by atoms with E-state index in [2.05, 4.69) is 41.6 Å². The van der Waals surface area contributed by atoms with Crippen molar-refractivity contribution in [1.82, 2.24) is 19.4 Å². The number of benzene rings is 2.